The highest BCUT2D eigenvalue weighted by Gasteiger charge is 2.17. The fourth-order valence-corrected chi connectivity index (χ4v) is 1.81. The van der Waals surface area contributed by atoms with Gasteiger partial charge in [-0.05, 0) is 41.9 Å². The first-order valence-corrected chi connectivity index (χ1v) is 4.94. The molecule has 2 heterocycles. The van der Waals surface area contributed by atoms with Crippen LogP contribution >= 0.6 is 40.7 Å². The van der Waals surface area contributed by atoms with Gasteiger partial charge in [0.2, 0.25) is 4.73 Å². The zero-order valence-corrected chi connectivity index (χ0v) is 10.7. The lowest BCUT2D eigenvalue weighted by atomic mass is 9.98. The third-order valence-electron chi connectivity index (χ3n) is 2.20. The van der Waals surface area contributed by atoms with Gasteiger partial charge in [0.1, 0.15) is 5.82 Å². The predicted molar refractivity (Wildman–Crippen MR) is 63.4 cm³/mol. The Morgan fingerprint density at radius 3 is 2.36 bits per heavy atom. The van der Waals surface area contributed by atoms with Crippen molar-refractivity contribution in [1.29, 1.82) is 0 Å². The second kappa shape index (κ2) is 6.61. The SMILES string of the molecule is Brc1n[nH]c(C2CCNCC2)n1.Cl.Cl. The van der Waals surface area contributed by atoms with Crippen LogP contribution in [-0.2, 0) is 0 Å². The van der Waals surface area contributed by atoms with Crippen LogP contribution in [0.5, 0.6) is 0 Å². The summed E-state index contributed by atoms with van der Waals surface area (Å²) < 4.78 is 0.663. The van der Waals surface area contributed by atoms with E-state index >= 15 is 0 Å². The standard InChI is InChI=1S/C7H11BrN4.2ClH/c8-7-10-6(11-12-7)5-1-3-9-4-2-5;;/h5,9H,1-4H2,(H,10,11,12);2*1H. The number of nitrogens with one attached hydrogen (secondary N) is 2. The summed E-state index contributed by atoms with van der Waals surface area (Å²) in [5.74, 6) is 1.58. The van der Waals surface area contributed by atoms with Crippen LogP contribution in [0.25, 0.3) is 0 Å². The molecule has 0 bridgehead atoms. The van der Waals surface area contributed by atoms with Crippen LogP contribution in [0.3, 0.4) is 0 Å². The smallest absolute Gasteiger partial charge is 0.217 e. The van der Waals surface area contributed by atoms with Gasteiger partial charge in [-0.3, -0.25) is 5.10 Å². The Labute approximate surface area is 104 Å². The van der Waals surface area contributed by atoms with Crippen LogP contribution in [0.15, 0.2) is 4.73 Å². The molecule has 2 rings (SSSR count). The minimum atomic E-state index is 0. The molecule has 0 radical (unpaired) electrons. The predicted octanol–water partition coefficient (Wildman–Crippen LogP) is 1.88. The number of rotatable bonds is 1. The van der Waals surface area contributed by atoms with Crippen LogP contribution in [0.2, 0.25) is 0 Å². The molecular formula is C7H13BrCl2N4. The molecule has 1 fully saturated rings. The summed E-state index contributed by atoms with van der Waals surface area (Å²) in [7, 11) is 0. The van der Waals surface area contributed by atoms with Gasteiger partial charge in [-0.2, -0.15) is 0 Å². The van der Waals surface area contributed by atoms with Gasteiger partial charge in [0, 0.05) is 5.92 Å². The molecule has 1 aromatic rings. The molecule has 1 aliphatic rings. The maximum atomic E-state index is 4.26. The molecule has 2 N–H and O–H groups in total. The van der Waals surface area contributed by atoms with Crippen molar-refractivity contribution in [3.05, 3.63) is 10.6 Å². The van der Waals surface area contributed by atoms with E-state index in [4.69, 9.17) is 0 Å². The number of aromatic nitrogens is 3. The molecule has 7 heteroatoms. The Hall–Kier alpha value is 0.160. The minimum absolute atomic E-state index is 0. The Morgan fingerprint density at radius 1 is 1.21 bits per heavy atom. The third kappa shape index (κ3) is 3.38. The first kappa shape index (κ1) is 14.2. The molecule has 0 atom stereocenters. The van der Waals surface area contributed by atoms with Gasteiger partial charge in [-0.15, -0.1) is 29.9 Å². The summed E-state index contributed by atoms with van der Waals surface area (Å²) in [5, 5.41) is 10.2. The highest BCUT2D eigenvalue weighted by molar-refractivity contribution is 9.10. The van der Waals surface area contributed by atoms with Gasteiger partial charge < -0.3 is 5.32 Å². The number of piperidine rings is 1. The van der Waals surface area contributed by atoms with Crippen molar-refractivity contribution in [2.45, 2.75) is 18.8 Å². The maximum absolute atomic E-state index is 4.26. The quantitative estimate of drug-likeness (QED) is 0.833. The van der Waals surface area contributed by atoms with E-state index in [2.05, 4.69) is 36.4 Å². The Bertz CT molecular complexity index is 262. The lowest BCUT2D eigenvalue weighted by Crippen LogP contribution is -2.27. The lowest BCUT2D eigenvalue weighted by Gasteiger charge is -2.19. The van der Waals surface area contributed by atoms with Crippen LogP contribution in [-0.4, -0.2) is 28.3 Å². The molecule has 0 aliphatic carbocycles. The number of halogens is 3. The van der Waals surface area contributed by atoms with Crippen molar-refractivity contribution in [3.8, 4) is 0 Å². The zero-order chi connectivity index (χ0) is 8.39. The van der Waals surface area contributed by atoms with Gasteiger partial charge >= 0.3 is 0 Å². The maximum Gasteiger partial charge on any atom is 0.217 e. The largest absolute Gasteiger partial charge is 0.317 e. The molecule has 0 amide bonds. The van der Waals surface area contributed by atoms with Crippen LogP contribution in [0, 0.1) is 0 Å². The van der Waals surface area contributed by atoms with Crippen molar-refractivity contribution in [2.24, 2.45) is 0 Å². The van der Waals surface area contributed by atoms with E-state index in [0.29, 0.717) is 10.7 Å². The molecule has 1 aliphatic heterocycles. The van der Waals surface area contributed by atoms with Crippen LogP contribution in [0.1, 0.15) is 24.6 Å². The average molecular weight is 304 g/mol. The van der Waals surface area contributed by atoms with E-state index in [1.807, 2.05) is 0 Å². The summed E-state index contributed by atoms with van der Waals surface area (Å²) in [6.07, 6.45) is 2.31. The molecule has 1 aromatic heterocycles. The molecule has 14 heavy (non-hydrogen) atoms. The van der Waals surface area contributed by atoms with Gasteiger partial charge in [0.15, 0.2) is 0 Å². The van der Waals surface area contributed by atoms with Crippen molar-refractivity contribution >= 4 is 40.7 Å². The minimum Gasteiger partial charge on any atom is -0.317 e. The monoisotopic (exact) mass is 302 g/mol. The fraction of sp³-hybridized carbons (Fsp3) is 0.714. The van der Waals surface area contributed by atoms with E-state index in [-0.39, 0.29) is 24.8 Å². The summed E-state index contributed by atoms with van der Waals surface area (Å²) in [6, 6.07) is 0. The van der Waals surface area contributed by atoms with Crippen LogP contribution < -0.4 is 5.32 Å². The van der Waals surface area contributed by atoms with Gasteiger partial charge in [-0.1, -0.05) is 0 Å². The first-order chi connectivity index (χ1) is 5.86. The van der Waals surface area contributed by atoms with E-state index in [0.717, 1.165) is 31.8 Å². The number of H-pyrrole nitrogens is 1. The highest BCUT2D eigenvalue weighted by atomic mass is 79.9. The van der Waals surface area contributed by atoms with Crippen molar-refractivity contribution in [1.82, 2.24) is 20.5 Å². The second-order valence-corrected chi connectivity index (χ2v) is 3.72. The van der Waals surface area contributed by atoms with Crippen molar-refractivity contribution in [3.63, 3.8) is 0 Å². The third-order valence-corrected chi connectivity index (χ3v) is 2.56. The molecule has 0 spiro atoms. The number of hydrogen-bond donors (Lipinski definition) is 2. The van der Waals surface area contributed by atoms with Gasteiger partial charge in [-0.25, -0.2) is 4.98 Å². The number of aromatic amines is 1. The van der Waals surface area contributed by atoms with Gasteiger partial charge in [0.25, 0.3) is 0 Å². The summed E-state index contributed by atoms with van der Waals surface area (Å²) in [4.78, 5) is 4.26. The van der Waals surface area contributed by atoms with Gasteiger partial charge in [0.05, 0.1) is 0 Å². The summed E-state index contributed by atoms with van der Waals surface area (Å²) >= 11 is 3.23. The molecule has 4 nitrogen and oxygen atoms in total. The molecule has 1 saturated heterocycles. The van der Waals surface area contributed by atoms with Crippen molar-refractivity contribution < 1.29 is 0 Å². The number of hydrogen-bond acceptors (Lipinski definition) is 3. The van der Waals surface area contributed by atoms with E-state index in [1.54, 1.807) is 0 Å². The average Bonchev–Trinajstić information content (AvgIpc) is 2.54. The Balaban J connectivity index is 0.000000845. The summed E-state index contributed by atoms with van der Waals surface area (Å²) in [6.45, 7) is 2.17. The van der Waals surface area contributed by atoms with Crippen molar-refractivity contribution in [2.75, 3.05) is 13.1 Å². The van der Waals surface area contributed by atoms with E-state index in [1.165, 1.54) is 0 Å². The first-order valence-electron chi connectivity index (χ1n) is 4.15. The Morgan fingerprint density at radius 2 is 1.86 bits per heavy atom. The molecule has 0 saturated carbocycles. The molecule has 82 valence electrons. The topological polar surface area (TPSA) is 53.6 Å². The van der Waals surface area contributed by atoms with E-state index < -0.39 is 0 Å². The molecular weight excluding hydrogens is 291 g/mol. The summed E-state index contributed by atoms with van der Waals surface area (Å²) in [5.41, 5.74) is 0. The normalized spacial score (nSPS) is 16.9. The fourth-order valence-electron chi connectivity index (χ4n) is 1.53. The zero-order valence-electron chi connectivity index (χ0n) is 7.49. The van der Waals surface area contributed by atoms with Crippen LogP contribution in [0.4, 0.5) is 0 Å². The second-order valence-electron chi connectivity index (χ2n) is 3.01. The van der Waals surface area contributed by atoms with E-state index in [9.17, 15) is 0 Å². The Kier molecular flexibility index (Phi) is 6.68. The number of nitrogens with zero attached hydrogens (tertiary/aromatic N) is 2. The molecule has 0 aromatic carbocycles. The highest BCUT2D eigenvalue weighted by Crippen LogP contribution is 2.22. The lowest BCUT2D eigenvalue weighted by molar-refractivity contribution is 0.446. The molecule has 0 unspecified atom stereocenters.